The molecule has 2 aromatic rings. The summed E-state index contributed by atoms with van der Waals surface area (Å²) in [6, 6.07) is 18.5. The van der Waals surface area contributed by atoms with E-state index in [0.717, 1.165) is 31.3 Å². The number of ether oxygens (including phenoxy) is 1. The molecule has 5 heteroatoms. The summed E-state index contributed by atoms with van der Waals surface area (Å²) in [4.78, 5) is 7.01. The van der Waals surface area contributed by atoms with Crippen molar-refractivity contribution in [3.8, 4) is 5.75 Å². The zero-order valence-electron chi connectivity index (χ0n) is 15.9. The second-order valence-electron chi connectivity index (χ2n) is 6.33. The van der Waals surface area contributed by atoms with Gasteiger partial charge in [-0.25, -0.2) is 4.99 Å². The Morgan fingerprint density at radius 3 is 2.44 bits per heavy atom. The highest BCUT2D eigenvalue weighted by molar-refractivity contribution is 5.79. The van der Waals surface area contributed by atoms with Gasteiger partial charge in [0.15, 0.2) is 5.96 Å². The number of guanidine groups is 1. The fourth-order valence-electron chi connectivity index (χ4n) is 2.87. The van der Waals surface area contributed by atoms with Crippen LogP contribution in [0.2, 0.25) is 0 Å². The van der Waals surface area contributed by atoms with Crippen LogP contribution in [0, 0.1) is 0 Å². The van der Waals surface area contributed by atoms with Gasteiger partial charge in [-0.2, -0.15) is 0 Å². The Hall–Kier alpha value is -2.95. The predicted molar refractivity (Wildman–Crippen MR) is 113 cm³/mol. The van der Waals surface area contributed by atoms with E-state index < -0.39 is 0 Å². The number of hydrogen-bond donors (Lipinski definition) is 2. The van der Waals surface area contributed by atoms with Gasteiger partial charge in [0.25, 0.3) is 0 Å². The molecule has 0 amide bonds. The molecule has 0 saturated heterocycles. The molecule has 0 bridgehead atoms. The standard InChI is InChI=1S/C22H28N4O/c1-2-23-22(24-14-17-27-21-8-4-3-5-9-21)25-18-19-10-12-20(13-11-19)26-15-6-7-16-26/h3-13H,2,14-18H2,1H3,(H2,23,24,25). The molecule has 1 heterocycles. The number of hydrogen-bond acceptors (Lipinski definition) is 3. The first-order valence-corrected chi connectivity index (χ1v) is 9.54. The van der Waals surface area contributed by atoms with E-state index in [1.807, 2.05) is 30.3 Å². The maximum atomic E-state index is 5.70. The van der Waals surface area contributed by atoms with Crippen LogP contribution < -0.4 is 20.3 Å². The summed E-state index contributed by atoms with van der Waals surface area (Å²) in [6.45, 7) is 6.82. The smallest absolute Gasteiger partial charge is 0.191 e. The van der Waals surface area contributed by atoms with E-state index in [-0.39, 0.29) is 0 Å². The molecule has 27 heavy (non-hydrogen) atoms. The molecule has 3 rings (SSSR count). The molecule has 0 aromatic heterocycles. The van der Waals surface area contributed by atoms with E-state index in [1.54, 1.807) is 0 Å². The van der Waals surface area contributed by atoms with Crippen molar-refractivity contribution in [2.75, 3.05) is 37.7 Å². The Bertz CT molecular complexity index is 733. The van der Waals surface area contributed by atoms with Gasteiger partial charge in [-0.05, 0) is 36.8 Å². The van der Waals surface area contributed by atoms with Crippen LogP contribution in [0.4, 0.5) is 5.69 Å². The molecular weight excluding hydrogens is 336 g/mol. The lowest BCUT2D eigenvalue weighted by Gasteiger charge is -2.17. The van der Waals surface area contributed by atoms with Crippen molar-refractivity contribution < 1.29 is 4.74 Å². The second kappa shape index (κ2) is 10.3. The number of aliphatic imine (C=N–C) groups is 1. The quantitative estimate of drug-likeness (QED) is 0.327. The number of benzene rings is 2. The fraction of sp³-hybridized carbons (Fsp3) is 0.318. The average molecular weight is 364 g/mol. The average Bonchev–Trinajstić information content (AvgIpc) is 3.25. The zero-order valence-corrected chi connectivity index (χ0v) is 15.9. The summed E-state index contributed by atoms with van der Waals surface area (Å²) in [5.74, 6) is 1.69. The third-order valence-electron chi connectivity index (χ3n) is 4.29. The molecule has 5 nitrogen and oxygen atoms in total. The number of nitrogens with zero attached hydrogens (tertiary/aromatic N) is 2. The zero-order chi connectivity index (χ0) is 18.7. The number of para-hydroxylation sites is 1. The summed E-state index contributed by atoms with van der Waals surface area (Å²) in [7, 11) is 0. The molecule has 0 atom stereocenters. The molecule has 142 valence electrons. The maximum absolute atomic E-state index is 5.70. The maximum Gasteiger partial charge on any atom is 0.191 e. The Labute approximate surface area is 161 Å². The Morgan fingerprint density at radius 2 is 1.74 bits per heavy atom. The Kier molecular flexibility index (Phi) is 7.16. The highest BCUT2D eigenvalue weighted by Gasteiger charge is 2.07. The molecule has 0 saturated carbocycles. The lowest BCUT2D eigenvalue weighted by Crippen LogP contribution is -2.39. The normalized spacial score (nSPS) is 13.7. The van der Waals surface area contributed by atoms with Gasteiger partial charge in [-0.1, -0.05) is 42.5 Å². The van der Waals surface area contributed by atoms with Crippen LogP contribution in [0.25, 0.3) is 0 Å². The molecule has 0 unspecified atom stereocenters. The van der Waals surface area contributed by atoms with Gasteiger partial charge in [0.1, 0.15) is 12.4 Å². The van der Waals surface area contributed by atoms with Crippen LogP contribution in [0.15, 0.2) is 71.7 Å². The van der Waals surface area contributed by atoms with Crippen LogP contribution in [0.1, 0.15) is 12.5 Å². The van der Waals surface area contributed by atoms with Gasteiger partial charge in [0.05, 0.1) is 13.1 Å². The van der Waals surface area contributed by atoms with E-state index in [4.69, 9.17) is 4.74 Å². The lowest BCUT2D eigenvalue weighted by atomic mass is 10.2. The number of anilines is 1. The SMILES string of the molecule is CCNC(=NCc1ccc(N2CC=CC2)cc1)NCCOc1ccccc1. The molecule has 0 spiro atoms. The third-order valence-corrected chi connectivity index (χ3v) is 4.29. The third kappa shape index (κ3) is 6.06. The van der Waals surface area contributed by atoms with Crippen molar-refractivity contribution in [2.45, 2.75) is 13.5 Å². The minimum absolute atomic E-state index is 0.590. The Morgan fingerprint density at radius 1 is 1.00 bits per heavy atom. The topological polar surface area (TPSA) is 48.9 Å². The molecule has 0 aliphatic carbocycles. The highest BCUT2D eigenvalue weighted by atomic mass is 16.5. The lowest BCUT2D eigenvalue weighted by molar-refractivity contribution is 0.322. The first-order valence-electron chi connectivity index (χ1n) is 9.54. The minimum atomic E-state index is 0.590. The van der Waals surface area contributed by atoms with Crippen LogP contribution in [0.5, 0.6) is 5.75 Å². The molecule has 1 aliphatic heterocycles. The van der Waals surface area contributed by atoms with Crippen LogP contribution in [-0.4, -0.2) is 38.7 Å². The molecule has 0 radical (unpaired) electrons. The van der Waals surface area contributed by atoms with Crippen LogP contribution >= 0.6 is 0 Å². The van der Waals surface area contributed by atoms with Crippen molar-refractivity contribution in [1.29, 1.82) is 0 Å². The molecule has 2 aromatic carbocycles. The number of nitrogens with one attached hydrogen (secondary N) is 2. The summed E-state index contributed by atoms with van der Waals surface area (Å²) in [6.07, 6.45) is 4.40. The van der Waals surface area contributed by atoms with Crippen molar-refractivity contribution in [2.24, 2.45) is 4.99 Å². The van der Waals surface area contributed by atoms with E-state index >= 15 is 0 Å². The number of rotatable bonds is 8. The predicted octanol–water partition coefficient (Wildman–Crippen LogP) is 3.20. The van der Waals surface area contributed by atoms with E-state index in [1.165, 1.54) is 11.3 Å². The van der Waals surface area contributed by atoms with Gasteiger partial charge in [-0.3, -0.25) is 0 Å². The van der Waals surface area contributed by atoms with Crippen molar-refractivity contribution in [3.63, 3.8) is 0 Å². The van der Waals surface area contributed by atoms with Crippen molar-refractivity contribution >= 4 is 11.6 Å². The summed E-state index contributed by atoms with van der Waals surface area (Å²) in [5, 5.41) is 6.59. The molecule has 2 N–H and O–H groups in total. The van der Waals surface area contributed by atoms with Gasteiger partial charge >= 0.3 is 0 Å². The molecule has 1 aliphatic rings. The van der Waals surface area contributed by atoms with Gasteiger partial charge in [0, 0.05) is 25.3 Å². The molecular formula is C22H28N4O. The Balaban J connectivity index is 1.46. The summed E-state index contributed by atoms with van der Waals surface area (Å²) < 4.78 is 5.70. The van der Waals surface area contributed by atoms with Crippen LogP contribution in [0.3, 0.4) is 0 Å². The summed E-state index contributed by atoms with van der Waals surface area (Å²) >= 11 is 0. The molecule has 0 fully saturated rings. The minimum Gasteiger partial charge on any atom is -0.492 e. The summed E-state index contributed by atoms with van der Waals surface area (Å²) in [5.41, 5.74) is 2.46. The van der Waals surface area contributed by atoms with E-state index in [2.05, 4.69) is 63.9 Å². The van der Waals surface area contributed by atoms with Gasteiger partial charge in [0.2, 0.25) is 0 Å². The van der Waals surface area contributed by atoms with Gasteiger partial charge < -0.3 is 20.3 Å². The first kappa shape index (κ1) is 18.8. The largest absolute Gasteiger partial charge is 0.492 e. The first-order chi connectivity index (χ1) is 13.3. The van der Waals surface area contributed by atoms with Crippen molar-refractivity contribution in [1.82, 2.24) is 10.6 Å². The monoisotopic (exact) mass is 364 g/mol. The van der Waals surface area contributed by atoms with E-state index in [0.29, 0.717) is 19.7 Å². The second-order valence-corrected chi connectivity index (χ2v) is 6.33. The highest BCUT2D eigenvalue weighted by Crippen LogP contribution is 2.17. The van der Waals surface area contributed by atoms with E-state index in [9.17, 15) is 0 Å². The van der Waals surface area contributed by atoms with Gasteiger partial charge in [-0.15, -0.1) is 0 Å². The van der Waals surface area contributed by atoms with Crippen molar-refractivity contribution in [3.05, 3.63) is 72.3 Å². The van der Waals surface area contributed by atoms with Crippen LogP contribution in [-0.2, 0) is 6.54 Å². The fourth-order valence-corrected chi connectivity index (χ4v) is 2.87.